The average Bonchev–Trinajstić information content (AvgIpc) is 3.03. The van der Waals surface area contributed by atoms with Crippen molar-refractivity contribution in [2.24, 2.45) is 5.92 Å². The van der Waals surface area contributed by atoms with Gasteiger partial charge in [0.05, 0.1) is 0 Å². The van der Waals surface area contributed by atoms with Gasteiger partial charge in [-0.2, -0.15) is 0 Å². The van der Waals surface area contributed by atoms with E-state index in [4.69, 9.17) is 0 Å². The number of hydrogen-bond acceptors (Lipinski definition) is 5. The van der Waals surface area contributed by atoms with Crippen LogP contribution in [0.3, 0.4) is 0 Å². The van der Waals surface area contributed by atoms with Gasteiger partial charge >= 0.3 is 0 Å². The van der Waals surface area contributed by atoms with Crippen LogP contribution in [0.5, 0.6) is 0 Å². The molecule has 1 N–H and O–H groups in total. The molecule has 0 saturated carbocycles. The Balaban J connectivity index is 1.65. The number of anilines is 2. The Hall–Kier alpha value is -2.11. The number of carbonyl (C=O) groups excluding carboxylic acids is 1. The summed E-state index contributed by atoms with van der Waals surface area (Å²) < 4.78 is 0. The molecule has 1 amide bonds. The van der Waals surface area contributed by atoms with Crippen LogP contribution in [0.25, 0.3) is 0 Å². The molecule has 122 valence electrons. The zero-order valence-electron chi connectivity index (χ0n) is 13.5. The lowest BCUT2D eigenvalue weighted by Crippen LogP contribution is -2.52. The summed E-state index contributed by atoms with van der Waals surface area (Å²) in [6, 6.07) is 0.329. The largest absolute Gasteiger partial charge is 0.369 e. The van der Waals surface area contributed by atoms with Crippen molar-refractivity contribution in [2.75, 3.05) is 36.4 Å². The van der Waals surface area contributed by atoms with E-state index in [1.807, 2.05) is 4.90 Å². The molecule has 23 heavy (non-hydrogen) atoms. The van der Waals surface area contributed by atoms with Crippen LogP contribution in [0.4, 0.5) is 11.6 Å². The molecule has 1 fully saturated rings. The van der Waals surface area contributed by atoms with Crippen LogP contribution in [0.2, 0.25) is 0 Å². The van der Waals surface area contributed by atoms with Crippen molar-refractivity contribution in [3.8, 4) is 0 Å². The lowest BCUT2D eigenvalue weighted by molar-refractivity contribution is -0.127. The summed E-state index contributed by atoms with van der Waals surface area (Å²) in [6.45, 7) is 9.47. The van der Waals surface area contributed by atoms with Crippen LogP contribution in [-0.2, 0) is 4.79 Å². The predicted octanol–water partition coefficient (Wildman–Crippen LogP) is 1.62. The number of amides is 1. The summed E-state index contributed by atoms with van der Waals surface area (Å²) in [5.41, 5.74) is 1.28. The molecule has 6 nitrogen and oxygen atoms in total. The molecular weight excluding hydrogens is 290 g/mol. The van der Waals surface area contributed by atoms with Gasteiger partial charge in [0.1, 0.15) is 18.0 Å². The lowest BCUT2D eigenvalue weighted by atomic mass is 9.84. The molecular formula is C17H23N5O. The van der Waals surface area contributed by atoms with E-state index >= 15 is 0 Å². The van der Waals surface area contributed by atoms with Crippen molar-refractivity contribution >= 4 is 17.5 Å². The maximum absolute atomic E-state index is 12.0. The molecule has 0 aromatic carbocycles. The maximum atomic E-state index is 12.0. The van der Waals surface area contributed by atoms with Gasteiger partial charge in [-0.25, -0.2) is 9.97 Å². The van der Waals surface area contributed by atoms with Gasteiger partial charge in [-0.3, -0.25) is 4.79 Å². The van der Waals surface area contributed by atoms with E-state index in [2.05, 4.69) is 33.7 Å². The molecule has 1 aromatic rings. The lowest BCUT2D eigenvalue weighted by Gasteiger charge is -2.44. The average molecular weight is 313 g/mol. The minimum atomic E-state index is 0.0345. The minimum absolute atomic E-state index is 0.0345. The second-order valence-corrected chi connectivity index (χ2v) is 6.86. The third kappa shape index (κ3) is 2.28. The zero-order valence-corrected chi connectivity index (χ0v) is 13.5. The minimum Gasteiger partial charge on any atom is -0.369 e. The fourth-order valence-electron chi connectivity index (χ4n) is 4.28. The molecule has 0 radical (unpaired) electrons. The highest BCUT2D eigenvalue weighted by Crippen LogP contribution is 2.45. The van der Waals surface area contributed by atoms with Crippen molar-refractivity contribution in [3.63, 3.8) is 0 Å². The van der Waals surface area contributed by atoms with E-state index in [-0.39, 0.29) is 5.91 Å². The smallest absolute Gasteiger partial charge is 0.246 e. The van der Waals surface area contributed by atoms with Gasteiger partial charge in [-0.05, 0) is 24.8 Å². The molecule has 3 atom stereocenters. The first-order chi connectivity index (χ1) is 11.2. The number of nitrogens with one attached hydrogen (secondary N) is 1. The van der Waals surface area contributed by atoms with Gasteiger partial charge < -0.3 is 15.1 Å². The highest BCUT2D eigenvalue weighted by atomic mass is 16.2. The van der Waals surface area contributed by atoms with Crippen LogP contribution in [0, 0.1) is 5.92 Å². The number of aromatic nitrogens is 2. The number of hydrogen-bond donors (Lipinski definition) is 1. The van der Waals surface area contributed by atoms with Crippen molar-refractivity contribution in [1.29, 1.82) is 0 Å². The third-order valence-electron chi connectivity index (χ3n) is 5.49. The molecule has 3 aliphatic heterocycles. The van der Waals surface area contributed by atoms with Crippen molar-refractivity contribution in [1.82, 2.24) is 14.9 Å². The molecule has 0 bridgehead atoms. The second-order valence-electron chi connectivity index (χ2n) is 6.86. The molecule has 0 aliphatic carbocycles. The monoisotopic (exact) mass is 313 g/mol. The Labute approximate surface area is 136 Å². The first-order valence-corrected chi connectivity index (χ1v) is 8.45. The summed E-state index contributed by atoms with van der Waals surface area (Å²) in [4.78, 5) is 25.3. The second kappa shape index (κ2) is 5.51. The Kier molecular flexibility index (Phi) is 3.47. The van der Waals surface area contributed by atoms with Crippen molar-refractivity contribution in [3.05, 3.63) is 24.5 Å². The first kappa shape index (κ1) is 14.5. The number of likely N-dealkylation sites (tertiary alicyclic amines) is 1. The van der Waals surface area contributed by atoms with Gasteiger partial charge in [-0.1, -0.05) is 13.5 Å². The Morgan fingerprint density at radius 2 is 2.30 bits per heavy atom. The zero-order chi connectivity index (χ0) is 16.0. The SMILES string of the molecule is C=CC(=O)N1CCC[C@@H](N2CC(C)C3CNc4ncnc2c43)C1. The van der Waals surface area contributed by atoms with Crippen LogP contribution < -0.4 is 10.2 Å². The molecule has 4 rings (SSSR count). The topological polar surface area (TPSA) is 61.4 Å². The fourth-order valence-corrected chi connectivity index (χ4v) is 4.28. The summed E-state index contributed by atoms with van der Waals surface area (Å²) in [5, 5.41) is 3.42. The van der Waals surface area contributed by atoms with E-state index in [1.165, 1.54) is 11.6 Å². The van der Waals surface area contributed by atoms with E-state index in [0.29, 0.717) is 17.9 Å². The van der Waals surface area contributed by atoms with E-state index in [9.17, 15) is 4.79 Å². The first-order valence-electron chi connectivity index (χ1n) is 8.45. The number of nitrogens with zero attached hydrogens (tertiary/aromatic N) is 4. The number of carbonyl (C=O) groups is 1. The van der Waals surface area contributed by atoms with Crippen LogP contribution in [-0.4, -0.2) is 53.0 Å². The van der Waals surface area contributed by atoms with Gasteiger partial charge in [0.15, 0.2) is 0 Å². The molecule has 1 saturated heterocycles. The Bertz CT molecular complexity index is 646. The quantitative estimate of drug-likeness (QED) is 0.841. The highest BCUT2D eigenvalue weighted by Gasteiger charge is 2.41. The van der Waals surface area contributed by atoms with Gasteiger partial charge in [0.25, 0.3) is 0 Å². The summed E-state index contributed by atoms with van der Waals surface area (Å²) in [7, 11) is 0. The third-order valence-corrected chi connectivity index (χ3v) is 5.49. The Morgan fingerprint density at radius 1 is 1.43 bits per heavy atom. The highest BCUT2D eigenvalue weighted by molar-refractivity contribution is 5.87. The van der Waals surface area contributed by atoms with Gasteiger partial charge in [0.2, 0.25) is 5.91 Å². The molecule has 2 unspecified atom stereocenters. The summed E-state index contributed by atoms with van der Waals surface area (Å²) in [5.74, 6) is 3.17. The van der Waals surface area contributed by atoms with Crippen molar-refractivity contribution < 1.29 is 4.79 Å². The fraction of sp³-hybridized carbons (Fsp3) is 0.588. The molecule has 0 spiro atoms. The standard InChI is InChI=1S/C17H23N5O/c1-3-14(23)21-6-4-5-12(9-21)22-8-11(2)13-7-18-16-15(13)17(22)20-10-19-16/h3,10-13H,1,4-9H2,2H3,(H,18,19,20)/t11?,12-,13?/m1/s1. The molecule has 4 heterocycles. The van der Waals surface area contributed by atoms with E-state index in [1.54, 1.807) is 6.33 Å². The van der Waals surface area contributed by atoms with Crippen LogP contribution in [0.15, 0.2) is 19.0 Å². The van der Waals surface area contributed by atoms with E-state index < -0.39 is 0 Å². The summed E-state index contributed by atoms with van der Waals surface area (Å²) >= 11 is 0. The van der Waals surface area contributed by atoms with Gasteiger partial charge in [0, 0.05) is 43.7 Å². The molecule has 1 aromatic heterocycles. The van der Waals surface area contributed by atoms with Gasteiger partial charge in [-0.15, -0.1) is 0 Å². The number of piperidine rings is 1. The van der Waals surface area contributed by atoms with Crippen LogP contribution >= 0.6 is 0 Å². The maximum Gasteiger partial charge on any atom is 0.246 e. The van der Waals surface area contributed by atoms with Crippen LogP contribution in [0.1, 0.15) is 31.2 Å². The molecule has 3 aliphatic rings. The van der Waals surface area contributed by atoms with E-state index in [0.717, 1.165) is 50.7 Å². The summed E-state index contributed by atoms with van der Waals surface area (Å²) in [6.07, 6.45) is 5.21. The Morgan fingerprint density at radius 3 is 3.13 bits per heavy atom. The normalized spacial score (nSPS) is 29.0. The number of rotatable bonds is 2. The van der Waals surface area contributed by atoms with Crippen molar-refractivity contribution in [2.45, 2.75) is 31.7 Å². The molecule has 6 heteroatoms. The predicted molar refractivity (Wildman–Crippen MR) is 89.6 cm³/mol.